The number of anilines is 1. The number of hydrogen-bond donors (Lipinski definition) is 2. The van der Waals surface area contributed by atoms with Crippen molar-refractivity contribution in [2.75, 3.05) is 12.4 Å². The Bertz CT molecular complexity index is 1380. The van der Waals surface area contributed by atoms with E-state index in [1.807, 2.05) is 6.07 Å². The molecule has 0 fully saturated rings. The zero-order valence-electron chi connectivity index (χ0n) is 18.8. The molecular formula is C23H21Cl2N5O2S2. The van der Waals surface area contributed by atoms with Gasteiger partial charge in [0.25, 0.3) is 0 Å². The highest BCUT2D eigenvalue weighted by Crippen LogP contribution is 2.42. The summed E-state index contributed by atoms with van der Waals surface area (Å²) in [7, 11) is 1.76. The number of thiazole rings is 1. The number of nitrogens with one attached hydrogen (secondary N) is 1. The third kappa shape index (κ3) is 4.79. The third-order valence-electron chi connectivity index (χ3n) is 4.87. The number of benzene rings is 1. The molecule has 1 aromatic carbocycles. The normalized spacial score (nSPS) is 11.3. The Morgan fingerprint density at radius 1 is 1.18 bits per heavy atom. The molecule has 34 heavy (non-hydrogen) atoms. The number of carboxylic acids is 1. The maximum absolute atomic E-state index is 12.4. The van der Waals surface area contributed by atoms with Crippen LogP contribution in [-0.4, -0.2) is 43.1 Å². The van der Waals surface area contributed by atoms with Gasteiger partial charge >= 0.3 is 5.97 Å². The number of carboxylic acid groups (broad SMARTS) is 1. The van der Waals surface area contributed by atoms with Crippen molar-refractivity contribution in [1.82, 2.24) is 19.7 Å². The van der Waals surface area contributed by atoms with Crippen LogP contribution in [0.5, 0.6) is 0 Å². The molecule has 0 radical (unpaired) electrons. The van der Waals surface area contributed by atoms with Crippen LogP contribution in [0.25, 0.3) is 27.5 Å². The van der Waals surface area contributed by atoms with E-state index in [0.717, 1.165) is 9.77 Å². The van der Waals surface area contributed by atoms with Crippen LogP contribution < -0.4 is 5.32 Å². The summed E-state index contributed by atoms with van der Waals surface area (Å²) in [4.78, 5) is 21.5. The molecular weight excluding hydrogens is 513 g/mol. The molecule has 3 aromatic heterocycles. The largest absolute Gasteiger partial charge is 0.476 e. The highest BCUT2D eigenvalue weighted by atomic mass is 35.5. The zero-order chi connectivity index (χ0) is 24.6. The molecule has 4 rings (SSSR count). The molecule has 4 aromatic rings. The number of hydrogen-bond acceptors (Lipinski definition) is 7. The molecule has 11 heteroatoms. The molecule has 0 atom stereocenters. The smallest absolute Gasteiger partial charge is 0.355 e. The molecule has 0 bridgehead atoms. The van der Waals surface area contributed by atoms with E-state index in [-0.39, 0.29) is 5.69 Å². The van der Waals surface area contributed by atoms with Crippen LogP contribution in [0.1, 0.15) is 30.0 Å². The summed E-state index contributed by atoms with van der Waals surface area (Å²) >= 11 is 15.4. The Balaban J connectivity index is 1.91. The number of nitrogens with zero attached hydrogens (tertiary/aromatic N) is 4. The van der Waals surface area contributed by atoms with Gasteiger partial charge < -0.3 is 10.4 Å². The average Bonchev–Trinajstić information content (AvgIpc) is 3.36. The van der Waals surface area contributed by atoms with Crippen molar-refractivity contribution in [2.45, 2.75) is 30.2 Å². The lowest BCUT2D eigenvalue weighted by Crippen LogP contribution is -2.09. The fourth-order valence-corrected chi connectivity index (χ4v) is 6.21. The first kappa shape index (κ1) is 24.5. The van der Waals surface area contributed by atoms with Crippen molar-refractivity contribution in [3.8, 4) is 27.5 Å². The predicted octanol–water partition coefficient (Wildman–Crippen LogP) is 6.91. The molecule has 2 N–H and O–H groups in total. The fraction of sp³-hybridized carbons (Fsp3) is 0.217. The molecule has 0 aliphatic carbocycles. The van der Waals surface area contributed by atoms with Crippen LogP contribution in [0.4, 0.5) is 5.82 Å². The van der Waals surface area contributed by atoms with Gasteiger partial charge in [-0.15, -0.1) is 11.8 Å². The van der Waals surface area contributed by atoms with Crippen LogP contribution in [0.2, 0.25) is 10.0 Å². The van der Waals surface area contributed by atoms with Crippen LogP contribution in [0.15, 0.2) is 40.7 Å². The van der Waals surface area contributed by atoms with Gasteiger partial charge in [-0.25, -0.2) is 14.8 Å². The van der Waals surface area contributed by atoms with Crippen LogP contribution in [-0.2, 0) is 0 Å². The van der Waals surface area contributed by atoms with E-state index in [9.17, 15) is 9.90 Å². The lowest BCUT2D eigenvalue weighted by molar-refractivity contribution is 0.0688. The first-order valence-corrected chi connectivity index (χ1v) is 12.7. The lowest BCUT2D eigenvalue weighted by Gasteiger charge is -2.06. The number of aromatic nitrogens is 4. The molecule has 0 spiro atoms. The van der Waals surface area contributed by atoms with Crippen molar-refractivity contribution in [3.05, 3.63) is 58.0 Å². The Labute approximate surface area is 215 Å². The number of halogens is 2. The van der Waals surface area contributed by atoms with Gasteiger partial charge in [0, 0.05) is 29.6 Å². The van der Waals surface area contributed by atoms with Gasteiger partial charge in [-0.1, -0.05) is 54.5 Å². The summed E-state index contributed by atoms with van der Waals surface area (Å²) in [6.07, 6.45) is 1.63. The molecule has 0 aliphatic heterocycles. The van der Waals surface area contributed by atoms with Crippen molar-refractivity contribution in [2.24, 2.45) is 0 Å². The minimum Gasteiger partial charge on any atom is -0.476 e. The molecule has 0 saturated heterocycles. The molecule has 3 heterocycles. The van der Waals surface area contributed by atoms with Gasteiger partial charge in [-0.3, -0.25) is 0 Å². The third-order valence-corrected chi connectivity index (χ3v) is 7.85. The second kappa shape index (κ2) is 9.95. The number of thioether (sulfide) groups is 1. The Kier molecular flexibility index (Phi) is 7.18. The van der Waals surface area contributed by atoms with Crippen LogP contribution in [0, 0.1) is 6.92 Å². The van der Waals surface area contributed by atoms with Crippen molar-refractivity contribution in [1.29, 1.82) is 0 Å². The van der Waals surface area contributed by atoms with E-state index in [4.69, 9.17) is 28.2 Å². The van der Waals surface area contributed by atoms with Crippen LogP contribution >= 0.6 is 46.3 Å². The van der Waals surface area contributed by atoms with Gasteiger partial charge in [0.2, 0.25) is 5.13 Å². The SMILES string of the molecule is CNc1cc(-c2c(C)nn(-c3nc(-c4ccc(Cl)c(Cl)c4)c(SC(C)C)s3)c2C(=O)O)ccn1. The Morgan fingerprint density at radius 2 is 1.94 bits per heavy atom. The van der Waals surface area contributed by atoms with Crippen molar-refractivity contribution < 1.29 is 9.90 Å². The molecule has 0 saturated carbocycles. The van der Waals surface area contributed by atoms with E-state index in [1.54, 1.807) is 56.2 Å². The second-order valence-electron chi connectivity index (χ2n) is 7.63. The first-order valence-electron chi connectivity index (χ1n) is 10.3. The highest BCUT2D eigenvalue weighted by Gasteiger charge is 2.27. The minimum absolute atomic E-state index is 0.0429. The average molecular weight is 534 g/mol. The maximum Gasteiger partial charge on any atom is 0.355 e. The van der Waals surface area contributed by atoms with E-state index < -0.39 is 5.97 Å². The highest BCUT2D eigenvalue weighted by molar-refractivity contribution is 8.01. The van der Waals surface area contributed by atoms with Crippen LogP contribution in [0.3, 0.4) is 0 Å². The van der Waals surface area contributed by atoms with Crippen molar-refractivity contribution in [3.63, 3.8) is 0 Å². The summed E-state index contributed by atoms with van der Waals surface area (Å²) in [6.45, 7) is 5.96. The molecule has 0 amide bonds. The summed E-state index contributed by atoms with van der Waals surface area (Å²) in [5.41, 5.74) is 3.36. The standard InChI is InChI=1S/C23H21Cl2N5O2S2/c1-11(2)33-22-19(14-5-6-15(24)16(25)9-14)28-23(34-22)30-20(21(31)32)18(12(3)29-30)13-7-8-27-17(10-13)26-4/h5-11H,1-4H3,(H,26,27)(H,31,32). The number of rotatable bonds is 7. The second-order valence-corrected chi connectivity index (χ2v) is 11.3. The lowest BCUT2D eigenvalue weighted by atomic mass is 10.0. The molecule has 176 valence electrons. The van der Waals surface area contributed by atoms with Crippen molar-refractivity contribution >= 4 is 58.1 Å². The van der Waals surface area contributed by atoms with Gasteiger partial charge in [-0.05, 0) is 36.8 Å². The Morgan fingerprint density at radius 3 is 2.59 bits per heavy atom. The van der Waals surface area contributed by atoms with E-state index in [2.05, 4.69) is 29.2 Å². The molecule has 7 nitrogen and oxygen atoms in total. The maximum atomic E-state index is 12.4. The quantitative estimate of drug-likeness (QED) is 0.249. The summed E-state index contributed by atoms with van der Waals surface area (Å²) in [6, 6.07) is 8.91. The van der Waals surface area contributed by atoms with E-state index >= 15 is 0 Å². The monoisotopic (exact) mass is 533 g/mol. The topological polar surface area (TPSA) is 92.9 Å². The number of aryl methyl sites for hydroxylation is 1. The summed E-state index contributed by atoms with van der Waals surface area (Å²) < 4.78 is 2.35. The van der Waals surface area contributed by atoms with Gasteiger partial charge in [0.1, 0.15) is 5.82 Å². The number of carbonyl (C=O) groups is 1. The van der Waals surface area contributed by atoms with E-state index in [1.165, 1.54) is 16.0 Å². The van der Waals surface area contributed by atoms with Gasteiger partial charge in [-0.2, -0.15) is 9.78 Å². The Hall–Kier alpha value is -2.59. The molecule has 0 aliphatic rings. The van der Waals surface area contributed by atoms with Gasteiger partial charge in [0.05, 0.1) is 25.6 Å². The first-order chi connectivity index (χ1) is 16.2. The molecule has 0 unspecified atom stereocenters. The minimum atomic E-state index is -1.09. The fourth-order valence-electron chi connectivity index (χ4n) is 3.44. The van der Waals surface area contributed by atoms with Gasteiger partial charge in [0.15, 0.2) is 5.69 Å². The zero-order valence-corrected chi connectivity index (χ0v) is 21.9. The number of aromatic carboxylic acids is 1. The number of pyridine rings is 1. The summed E-state index contributed by atoms with van der Waals surface area (Å²) in [5.74, 6) is -0.462. The summed E-state index contributed by atoms with van der Waals surface area (Å²) in [5, 5.41) is 19.4. The predicted molar refractivity (Wildman–Crippen MR) is 140 cm³/mol. The van der Waals surface area contributed by atoms with E-state index in [0.29, 0.717) is 48.8 Å².